The lowest BCUT2D eigenvalue weighted by atomic mass is 10.1. The smallest absolute Gasteiger partial charge is 0.345 e. The Bertz CT molecular complexity index is 1540. The Labute approximate surface area is 208 Å². The first-order valence-corrected chi connectivity index (χ1v) is 11.4. The maximum absolute atomic E-state index is 14.8. The molecule has 1 atom stereocenters. The average Bonchev–Trinajstić information content (AvgIpc) is 2.86. The van der Waals surface area contributed by atoms with Gasteiger partial charge in [0.15, 0.2) is 0 Å². The highest BCUT2D eigenvalue weighted by atomic mass is 19.3. The zero-order valence-electron chi connectivity index (χ0n) is 20.1. The van der Waals surface area contributed by atoms with Crippen LogP contribution in [-0.4, -0.2) is 43.7 Å². The van der Waals surface area contributed by atoms with Crippen LogP contribution in [0.15, 0.2) is 47.5 Å². The maximum atomic E-state index is 14.8. The Morgan fingerprint density at radius 1 is 1.11 bits per heavy atom. The topological polar surface area (TPSA) is 86.0 Å². The third-order valence-corrected chi connectivity index (χ3v) is 6.25. The number of rotatable bonds is 4. The lowest BCUT2D eigenvalue weighted by Gasteiger charge is -2.38. The summed E-state index contributed by atoms with van der Waals surface area (Å²) in [6.45, 7) is 2.62. The second-order valence-corrected chi connectivity index (χ2v) is 8.88. The molecule has 1 fully saturated rings. The van der Waals surface area contributed by atoms with E-state index in [0.29, 0.717) is 22.6 Å². The highest BCUT2D eigenvalue weighted by Crippen LogP contribution is 2.37. The Kier molecular flexibility index (Phi) is 6.14. The lowest BCUT2D eigenvalue weighted by molar-refractivity contribution is -0.269. The molecule has 1 aliphatic rings. The Morgan fingerprint density at radius 2 is 1.89 bits per heavy atom. The number of pyridine rings is 3. The van der Waals surface area contributed by atoms with E-state index in [1.807, 2.05) is 0 Å². The van der Waals surface area contributed by atoms with Gasteiger partial charge >= 0.3 is 6.11 Å². The van der Waals surface area contributed by atoms with Crippen molar-refractivity contribution < 1.29 is 22.3 Å². The van der Waals surface area contributed by atoms with Gasteiger partial charge in [-0.05, 0) is 49.7 Å². The van der Waals surface area contributed by atoms with Gasteiger partial charge in [-0.25, -0.2) is 18.7 Å². The summed E-state index contributed by atoms with van der Waals surface area (Å²) in [7, 11) is 1.55. The van der Waals surface area contributed by atoms with Gasteiger partial charge < -0.3 is 9.64 Å². The van der Waals surface area contributed by atoms with Crippen molar-refractivity contribution in [3.8, 4) is 11.3 Å². The molecule has 5 heterocycles. The standard InChI is InChI=1S/C25H22F4N6O2/c1-13-8-15(6-7-30-13)19-11-35(12-25(28,29)37-19)20-9-17-22(32-14(2)34(3)24(17)36)21(33-20)16-4-5-18(23(26)27)31-10-16/h4-10,19,23H,11-12H2,1-3H3. The number of alkyl halides is 4. The average molecular weight is 514 g/mol. The first-order valence-electron chi connectivity index (χ1n) is 11.4. The molecular weight excluding hydrogens is 492 g/mol. The van der Waals surface area contributed by atoms with Gasteiger partial charge in [0.05, 0.1) is 11.9 Å². The minimum Gasteiger partial charge on any atom is -0.345 e. The number of fused-ring (bicyclic) bond motifs is 1. The van der Waals surface area contributed by atoms with Crippen molar-refractivity contribution in [2.75, 3.05) is 18.0 Å². The number of hydrogen-bond donors (Lipinski definition) is 0. The summed E-state index contributed by atoms with van der Waals surface area (Å²) in [4.78, 5) is 31.4. The molecule has 0 aliphatic carbocycles. The minimum absolute atomic E-state index is 0.0270. The Hall–Kier alpha value is -3.93. The van der Waals surface area contributed by atoms with Crippen LogP contribution in [0, 0.1) is 13.8 Å². The predicted octanol–water partition coefficient (Wildman–Crippen LogP) is 4.51. The van der Waals surface area contributed by atoms with Crippen molar-refractivity contribution >= 4 is 16.7 Å². The van der Waals surface area contributed by atoms with Crippen LogP contribution in [0.25, 0.3) is 22.2 Å². The van der Waals surface area contributed by atoms with E-state index in [2.05, 4.69) is 19.9 Å². The van der Waals surface area contributed by atoms with Crippen molar-refractivity contribution in [2.24, 2.45) is 7.05 Å². The van der Waals surface area contributed by atoms with Gasteiger partial charge in [-0.1, -0.05) is 0 Å². The fourth-order valence-electron chi connectivity index (χ4n) is 4.29. The fourth-order valence-corrected chi connectivity index (χ4v) is 4.29. The van der Waals surface area contributed by atoms with Gasteiger partial charge in [-0.2, -0.15) is 8.78 Å². The number of aryl methyl sites for hydroxylation is 2. The van der Waals surface area contributed by atoms with Gasteiger partial charge in [-0.3, -0.25) is 19.3 Å². The highest BCUT2D eigenvalue weighted by Gasteiger charge is 2.43. The molecule has 1 aliphatic heterocycles. The quantitative estimate of drug-likeness (QED) is 0.371. The van der Waals surface area contributed by atoms with Crippen molar-refractivity contribution in [3.63, 3.8) is 0 Å². The second-order valence-electron chi connectivity index (χ2n) is 8.88. The van der Waals surface area contributed by atoms with E-state index in [1.54, 1.807) is 33.0 Å². The van der Waals surface area contributed by atoms with Crippen LogP contribution in [0.4, 0.5) is 23.4 Å². The molecule has 1 unspecified atom stereocenters. The molecular formula is C25H22F4N6O2. The summed E-state index contributed by atoms with van der Waals surface area (Å²) >= 11 is 0. The molecule has 4 aromatic rings. The van der Waals surface area contributed by atoms with Gasteiger partial charge in [0.25, 0.3) is 12.0 Å². The normalized spacial score (nSPS) is 17.5. The molecule has 0 N–H and O–H groups in total. The lowest BCUT2D eigenvalue weighted by Crippen LogP contribution is -2.48. The molecule has 5 rings (SSSR count). The van der Waals surface area contributed by atoms with E-state index in [4.69, 9.17) is 4.74 Å². The molecule has 4 aromatic heterocycles. The molecule has 37 heavy (non-hydrogen) atoms. The minimum atomic E-state index is -3.51. The SMILES string of the molecule is Cc1cc(C2CN(c3cc4c(=O)n(C)c(C)nc4c(-c4ccc(C(F)F)nc4)n3)CC(F)(F)O2)ccn1. The van der Waals surface area contributed by atoms with Crippen LogP contribution in [0.1, 0.15) is 35.3 Å². The van der Waals surface area contributed by atoms with Gasteiger partial charge in [0.1, 0.15) is 41.2 Å². The van der Waals surface area contributed by atoms with Crippen molar-refractivity contribution in [1.29, 1.82) is 0 Å². The first-order chi connectivity index (χ1) is 17.5. The zero-order valence-corrected chi connectivity index (χ0v) is 20.1. The summed E-state index contributed by atoms with van der Waals surface area (Å²) in [5.41, 5.74) is 1.07. The van der Waals surface area contributed by atoms with Crippen LogP contribution in [0.2, 0.25) is 0 Å². The van der Waals surface area contributed by atoms with E-state index in [-0.39, 0.29) is 29.0 Å². The molecule has 1 saturated heterocycles. The maximum Gasteiger partial charge on any atom is 0.373 e. The van der Waals surface area contributed by atoms with Gasteiger partial charge in [-0.15, -0.1) is 0 Å². The summed E-state index contributed by atoms with van der Waals surface area (Å²) in [5.74, 6) is 0.499. The number of hydrogen-bond acceptors (Lipinski definition) is 7. The van der Waals surface area contributed by atoms with E-state index >= 15 is 0 Å². The number of morpholine rings is 1. The van der Waals surface area contributed by atoms with Gasteiger partial charge in [0.2, 0.25) is 0 Å². The zero-order chi connectivity index (χ0) is 26.5. The number of halogens is 4. The predicted molar refractivity (Wildman–Crippen MR) is 128 cm³/mol. The fraction of sp³-hybridized carbons (Fsp3) is 0.320. The Balaban J connectivity index is 1.67. The van der Waals surface area contributed by atoms with Crippen LogP contribution >= 0.6 is 0 Å². The molecule has 192 valence electrons. The summed E-state index contributed by atoms with van der Waals surface area (Å²) in [6, 6.07) is 7.24. The number of nitrogens with zero attached hydrogens (tertiary/aromatic N) is 6. The van der Waals surface area contributed by atoms with Crippen LogP contribution in [0.5, 0.6) is 0 Å². The van der Waals surface area contributed by atoms with Crippen LogP contribution < -0.4 is 10.5 Å². The number of ether oxygens (including phenoxy) is 1. The molecule has 8 nitrogen and oxygen atoms in total. The van der Waals surface area contributed by atoms with Gasteiger partial charge in [0, 0.05) is 30.7 Å². The molecule has 0 aromatic carbocycles. The second kappa shape index (κ2) is 9.18. The van der Waals surface area contributed by atoms with Crippen LogP contribution in [-0.2, 0) is 11.8 Å². The third-order valence-electron chi connectivity index (χ3n) is 6.25. The van der Waals surface area contributed by atoms with Crippen molar-refractivity contribution in [1.82, 2.24) is 24.5 Å². The molecule has 0 radical (unpaired) electrons. The van der Waals surface area contributed by atoms with E-state index in [0.717, 1.165) is 6.07 Å². The first kappa shape index (κ1) is 24.8. The van der Waals surface area contributed by atoms with Crippen LogP contribution in [0.3, 0.4) is 0 Å². The molecule has 12 heteroatoms. The number of anilines is 1. The highest BCUT2D eigenvalue weighted by molar-refractivity contribution is 5.92. The van der Waals surface area contributed by atoms with E-state index in [9.17, 15) is 22.4 Å². The Morgan fingerprint density at radius 3 is 2.57 bits per heavy atom. The third kappa shape index (κ3) is 4.76. The molecule has 0 saturated carbocycles. The van der Waals surface area contributed by atoms with Crippen molar-refractivity contribution in [2.45, 2.75) is 32.5 Å². The monoisotopic (exact) mass is 514 g/mol. The van der Waals surface area contributed by atoms with E-state index in [1.165, 1.54) is 34.0 Å². The largest absolute Gasteiger partial charge is 0.373 e. The number of aromatic nitrogens is 5. The molecule has 0 amide bonds. The summed E-state index contributed by atoms with van der Waals surface area (Å²) in [5, 5.41) is 0.150. The summed E-state index contributed by atoms with van der Waals surface area (Å²) in [6.07, 6.45) is -4.53. The van der Waals surface area contributed by atoms with Crippen molar-refractivity contribution in [3.05, 3.63) is 75.9 Å². The molecule has 0 bridgehead atoms. The molecule has 0 spiro atoms. The summed E-state index contributed by atoms with van der Waals surface area (Å²) < 4.78 is 62.1. The van der Waals surface area contributed by atoms with E-state index < -0.39 is 36.4 Å².